The van der Waals surface area contributed by atoms with Crippen LogP contribution in [0, 0.1) is 34.6 Å². The topological polar surface area (TPSA) is 451 Å². The summed E-state index contributed by atoms with van der Waals surface area (Å²) in [7, 11) is 1.31. The van der Waals surface area contributed by atoms with Gasteiger partial charge in [0.2, 0.25) is 11.8 Å². The Kier molecular flexibility index (Phi) is 29.9. The highest BCUT2D eigenvalue weighted by Crippen LogP contribution is 2.42. The number of H-pyrrole nitrogens is 3. The number of nitrogen functional groups attached to an aromatic ring is 2. The number of aliphatic hydroxyl groups is 1. The predicted octanol–water partition coefficient (Wildman–Crippen LogP) is 20.0. The van der Waals surface area contributed by atoms with Crippen molar-refractivity contribution in [2.75, 3.05) is 34.5 Å². The highest BCUT2D eigenvalue weighted by Gasteiger charge is 2.25. The maximum atomic E-state index is 11.5. The molecule has 0 aliphatic carbocycles. The lowest BCUT2D eigenvalue weighted by Crippen LogP contribution is -2.12. The minimum Gasteiger partial charge on any atom is -0.453 e. The molecule has 0 saturated carbocycles. The van der Waals surface area contributed by atoms with Gasteiger partial charge in [-0.05, 0) is 124 Å². The van der Waals surface area contributed by atoms with E-state index in [1.165, 1.54) is 33.6 Å². The van der Waals surface area contributed by atoms with E-state index in [1.807, 2.05) is 208 Å². The number of nitrogens with two attached hydrogens (primary N) is 2. The first-order valence-corrected chi connectivity index (χ1v) is 43.9. The van der Waals surface area contributed by atoms with Gasteiger partial charge in [0.05, 0.1) is 69.0 Å². The van der Waals surface area contributed by atoms with Gasteiger partial charge >= 0.3 is 6.09 Å². The van der Waals surface area contributed by atoms with Gasteiger partial charge in [-0.2, -0.15) is 25.5 Å². The third kappa shape index (κ3) is 22.7. The molecule has 15 heterocycles. The fraction of sp³-hybridized carbons (Fsp3) is 0.112. The van der Waals surface area contributed by atoms with Crippen molar-refractivity contribution in [3.8, 4) is 130 Å². The van der Waals surface area contributed by atoms with Crippen molar-refractivity contribution in [2.24, 2.45) is 0 Å². The zero-order chi connectivity index (χ0) is 96.7. The Morgan fingerprint density at radius 2 is 0.876 bits per heavy atom. The summed E-state index contributed by atoms with van der Waals surface area (Å²) < 4.78 is 13.8. The highest BCUT2D eigenvalue weighted by molar-refractivity contribution is 6.35. The number of aryl methyl sites for hydroxylation is 5. The monoisotopic (exact) mass is 1920 g/mol. The number of imidazole rings is 1. The summed E-state index contributed by atoms with van der Waals surface area (Å²) in [6.07, 6.45) is 29.6. The first-order valence-electron chi connectivity index (χ1n) is 42.0. The second kappa shape index (κ2) is 43.0. The first kappa shape index (κ1) is 95.1. The van der Waals surface area contributed by atoms with Crippen LogP contribution in [0.15, 0.2) is 263 Å². The van der Waals surface area contributed by atoms with E-state index in [0.717, 1.165) is 129 Å². The number of aromatic nitrogens is 23. The number of aromatic amines is 3. The van der Waals surface area contributed by atoms with Gasteiger partial charge in [0, 0.05) is 209 Å². The summed E-state index contributed by atoms with van der Waals surface area (Å²) in [4.78, 5) is 91.4. The van der Waals surface area contributed by atoms with Crippen LogP contribution in [0.3, 0.4) is 0 Å². The van der Waals surface area contributed by atoms with Gasteiger partial charge in [0.25, 0.3) is 0 Å². The van der Waals surface area contributed by atoms with E-state index in [9.17, 15) is 24.3 Å². The molecule has 0 unspecified atom stereocenters. The second-order valence-electron chi connectivity index (χ2n) is 30.9. The van der Waals surface area contributed by atoms with E-state index in [2.05, 4.69) is 95.9 Å². The maximum Gasteiger partial charge on any atom is 0.412 e. The number of nitrogens with zero attached hydrogens (tertiary/aromatic N) is 20. The number of ether oxygens (including phenoxy) is 1. The van der Waals surface area contributed by atoms with Crippen LogP contribution < -0.4 is 27.4 Å². The van der Waals surface area contributed by atoms with Crippen LogP contribution in [0.4, 0.5) is 33.9 Å². The Morgan fingerprint density at radius 1 is 0.416 bits per heavy atom. The Bertz CT molecular complexity index is 7600. The summed E-state index contributed by atoms with van der Waals surface area (Å²) in [5.74, 6) is 3.77. The quantitative estimate of drug-likeness (QED) is 0.0320. The van der Waals surface area contributed by atoms with E-state index in [1.54, 1.807) is 107 Å². The Balaban J connectivity index is 0.000000130. The molecule has 19 rings (SSSR count). The van der Waals surface area contributed by atoms with E-state index in [4.69, 9.17) is 84.8 Å². The summed E-state index contributed by atoms with van der Waals surface area (Å²) in [5, 5.41) is 48.5. The molecule has 34 nitrogen and oxygen atoms in total. The number of methoxy groups -OCH3 is 1. The molecule has 0 aliphatic heterocycles. The number of carbonyl (C=O) groups excluding carboxylic acids is 4. The maximum absolute atomic E-state index is 11.5. The van der Waals surface area contributed by atoms with Gasteiger partial charge in [0.15, 0.2) is 11.6 Å². The minimum absolute atomic E-state index is 0.0548. The lowest BCUT2D eigenvalue weighted by atomic mass is 10.0. The summed E-state index contributed by atoms with van der Waals surface area (Å²) >= 11 is 31.7. The van der Waals surface area contributed by atoms with Gasteiger partial charge in [-0.1, -0.05) is 137 Å². The van der Waals surface area contributed by atoms with Gasteiger partial charge in [-0.3, -0.25) is 34.9 Å². The number of nitrogens with one attached hydrogen (secondary N) is 6. The van der Waals surface area contributed by atoms with Crippen LogP contribution in [-0.4, -0.2) is 150 Å². The minimum atomic E-state index is -0.576. The number of Topliss-reactive ketones (excluding diaryl/α,β-unsaturated/α-hetero) is 1. The third-order valence-electron chi connectivity index (χ3n) is 21.0. The van der Waals surface area contributed by atoms with Gasteiger partial charge in [0.1, 0.15) is 75.6 Å². The van der Waals surface area contributed by atoms with E-state index in [-0.39, 0.29) is 30.6 Å². The summed E-state index contributed by atoms with van der Waals surface area (Å²) in [6.45, 7) is 14.0. The standard InChI is InChI=1S/C23H20ClN5O.C21H18ClN5O2.C19H18ClN3O2.C18H15ClN8O.C17H14ClN7/c1-14-12-26-16(10-15(2)30)11-21(14)29-13-18(20-8-5-9-22(25)27-20)23(28-29)17-6-3-4-7-19(17)24;1-13-10-25-19(26-21(28)29-2)9-18(13)27-11-15(14-5-3-4-6-17(14)22)16(12-27)20-23-7-8-24-20;1-12-8-21-19(22-13(2)25)7-18(12)23-9-14(11-24)16(10-23)15-5-3-4-6-17(15)20;1-10-7-21-16(24-11(2)28)6-14(10)27-8-13(18-22-9-23-25-18)17(26-27)12-3-4-20-15(19)5-12;1-10-7-20-15(19)6-14(10)25-8-12(17-21-9-22-23-17)16(24-25)11-4-2-3-5-13(11)18/h3-9,11-13H,10H2,1-2H3,(H2,25,27);3-12H,1-2H3,(H,23,24)(H,25,26,28);3-10,24H,11H2,1-2H3,(H,21,22,25);3-9H,1-2H3,(H,21,24,28)(H,22,23,25);2-9H,1H3,(H2,19,20)(H,21,22,23). The smallest absolute Gasteiger partial charge is 0.412 e. The Hall–Kier alpha value is -16.5. The number of carbonyl (C=O) groups is 4. The molecular weight excluding hydrogens is 1840 g/mol. The number of halogens is 5. The fourth-order valence-electron chi connectivity index (χ4n) is 14.5. The molecule has 0 atom stereocenters. The molecule has 0 saturated heterocycles. The first-order chi connectivity index (χ1) is 66.1. The van der Waals surface area contributed by atoms with Crippen LogP contribution >= 0.6 is 58.0 Å². The molecule has 11 N–H and O–H groups in total. The van der Waals surface area contributed by atoms with Crippen molar-refractivity contribution >= 4 is 111 Å². The van der Waals surface area contributed by atoms with Gasteiger partial charge in [-0.15, -0.1) is 0 Å². The summed E-state index contributed by atoms with van der Waals surface area (Å²) in [5.41, 5.74) is 34.0. The molecular formula is C98H85Cl5N28O6. The van der Waals surface area contributed by atoms with E-state index >= 15 is 0 Å². The van der Waals surface area contributed by atoms with Crippen LogP contribution in [0.5, 0.6) is 0 Å². The van der Waals surface area contributed by atoms with Crippen molar-refractivity contribution in [3.05, 3.63) is 328 Å². The van der Waals surface area contributed by atoms with Crippen LogP contribution in [0.25, 0.3) is 130 Å². The molecule has 0 radical (unpaired) electrons. The number of benzene rings is 4. The molecule has 19 aromatic rings. The number of anilines is 5. The van der Waals surface area contributed by atoms with E-state index in [0.29, 0.717) is 94.5 Å². The number of hydrogen-bond donors (Lipinski definition) is 9. The zero-order valence-corrected chi connectivity index (χ0v) is 78.5. The van der Waals surface area contributed by atoms with Crippen molar-refractivity contribution in [3.63, 3.8) is 0 Å². The molecule has 4 aromatic carbocycles. The van der Waals surface area contributed by atoms with Crippen molar-refractivity contribution in [1.29, 1.82) is 0 Å². The van der Waals surface area contributed by atoms with Crippen LogP contribution in [0.2, 0.25) is 25.2 Å². The Morgan fingerprint density at radius 3 is 1.38 bits per heavy atom. The molecule has 137 heavy (non-hydrogen) atoms. The van der Waals surface area contributed by atoms with Crippen molar-refractivity contribution < 1.29 is 29.0 Å². The van der Waals surface area contributed by atoms with E-state index < -0.39 is 6.09 Å². The van der Waals surface area contributed by atoms with Crippen LogP contribution in [0.1, 0.15) is 59.8 Å². The lowest BCUT2D eigenvalue weighted by Gasteiger charge is -2.10. The average molecular weight is 1930 g/mol. The third-order valence-corrected chi connectivity index (χ3v) is 22.5. The average Bonchev–Trinajstić information content (AvgIpc) is 1.66. The fourth-order valence-corrected chi connectivity index (χ4v) is 15.6. The molecule has 0 aliphatic rings. The molecule has 0 spiro atoms. The number of rotatable bonds is 20. The molecule has 3 amide bonds. The largest absolute Gasteiger partial charge is 0.453 e. The zero-order valence-electron chi connectivity index (χ0n) is 74.7. The number of amides is 3. The number of aliphatic hydroxyl groups excluding tert-OH is 1. The van der Waals surface area contributed by atoms with Crippen LogP contribution in [-0.2, 0) is 32.1 Å². The predicted molar refractivity (Wildman–Crippen MR) is 530 cm³/mol. The number of pyridine rings is 7. The number of ketones is 1. The van der Waals surface area contributed by atoms with Crippen molar-refractivity contribution in [2.45, 2.75) is 68.4 Å². The SMILES string of the molecule is CC(=O)Cc1cc(-n2cc(-c3cccc(N)n3)c(-c3ccccc3Cl)n2)c(C)cn1.CC(=O)Nc1cc(-n2cc(-c3ncn[nH]3)c(-c3ccnc(Cl)c3)n2)c(C)cn1.CC(=O)Nc1cc(-n2cc(CO)c(-c3ccccc3Cl)c2)c(C)cn1.COC(=O)Nc1cc(-n2cc(-c3ncc[nH]3)c(-c3ccccc3Cl)c2)c(C)cn1.Cc1cnc(N)cc1-n1cc(-c2ncn[nH]2)c(-c2ccccc2Cl)n1. The number of hydrogen-bond acceptors (Lipinski definition) is 23. The lowest BCUT2D eigenvalue weighted by molar-refractivity contribution is -0.116. The van der Waals surface area contributed by atoms with Gasteiger partial charge < -0.3 is 46.1 Å². The normalized spacial score (nSPS) is 10.8. The second-order valence-corrected chi connectivity index (χ2v) is 32.9. The Labute approximate surface area is 808 Å². The molecule has 0 bridgehead atoms. The molecule has 0 fully saturated rings. The molecule has 39 heteroatoms. The highest BCUT2D eigenvalue weighted by atomic mass is 35.5. The van der Waals surface area contributed by atoms with Crippen molar-refractivity contribution in [1.82, 2.24) is 114 Å². The van der Waals surface area contributed by atoms with Gasteiger partial charge in [-0.25, -0.2) is 63.7 Å². The molecule has 688 valence electrons. The molecule has 15 aromatic heterocycles. The summed E-state index contributed by atoms with van der Waals surface area (Å²) in [6, 6.07) is 48.3.